The first-order chi connectivity index (χ1) is 9.24. The van der Waals surface area contributed by atoms with Crippen molar-refractivity contribution in [2.45, 2.75) is 26.5 Å². The molecular formula is C16H20N2O. The normalized spacial score (nSPS) is 10.5. The molecule has 0 aromatic heterocycles. The van der Waals surface area contributed by atoms with Crippen LogP contribution in [0.25, 0.3) is 0 Å². The first-order valence-corrected chi connectivity index (χ1v) is 6.53. The molecule has 0 spiro atoms. The average molecular weight is 256 g/mol. The van der Waals surface area contributed by atoms with Crippen LogP contribution in [0.1, 0.15) is 19.4 Å². The van der Waals surface area contributed by atoms with Crippen LogP contribution in [-0.4, -0.2) is 6.10 Å². The van der Waals surface area contributed by atoms with E-state index < -0.39 is 0 Å². The van der Waals surface area contributed by atoms with E-state index in [1.165, 1.54) is 5.56 Å². The van der Waals surface area contributed by atoms with Gasteiger partial charge in [0.25, 0.3) is 0 Å². The number of anilines is 1. The highest BCUT2D eigenvalue weighted by molar-refractivity contribution is 5.41. The molecule has 2 aromatic rings. The summed E-state index contributed by atoms with van der Waals surface area (Å²) in [5.41, 5.74) is 8.61. The summed E-state index contributed by atoms with van der Waals surface area (Å²) in [6.07, 6.45) is 0.212. The molecule has 0 atom stereocenters. The summed E-state index contributed by atoms with van der Waals surface area (Å²) < 4.78 is 5.61. The number of hydrogen-bond donors (Lipinski definition) is 2. The maximum absolute atomic E-state index is 5.61. The van der Waals surface area contributed by atoms with E-state index in [0.29, 0.717) is 0 Å². The minimum atomic E-state index is 0.212. The molecule has 0 amide bonds. The van der Waals surface area contributed by atoms with Gasteiger partial charge in [0.1, 0.15) is 5.75 Å². The van der Waals surface area contributed by atoms with E-state index in [4.69, 9.17) is 4.74 Å². The summed E-state index contributed by atoms with van der Waals surface area (Å²) in [6.45, 7) is 4.81. The van der Waals surface area contributed by atoms with E-state index in [0.717, 1.165) is 18.0 Å². The van der Waals surface area contributed by atoms with Crippen LogP contribution in [-0.2, 0) is 6.54 Å². The summed E-state index contributed by atoms with van der Waals surface area (Å²) in [4.78, 5) is 0. The summed E-state index contributed by atoms with van der Waals surface area (Å²) >= 11 is 0. The van der Waals surface area contributed by atoms with E-state index >= 15 is 0 Å². The molecule has 0 heterocycles. The minimum absolute atomic E-state index is 0.212. The summed E-state index contributed by atoms with van der Waals surface area (Å²) in [5.74, 6) is 0.912. The Labute approximate surface area is 114 Å². The largest absolute Gasteiger partial charge is 0.491 e. The highest BCUT2D eigenvalue weighted by Gasteiger charge is 1.98. The molecule has 0 fully saturated rings. The number of benzene rings is 2. The predicted octanol–water partition coefficient (Wildman–Crippen LogP) is 3.59. The molecule has 3 heteroatoms. The highest BCUT2D eigenvalue weighted by atomic mass is 16.5. The van der Waals surface area contributed by atoms with E-state index in [9.17, 15) is 0 Å². The Morgan fingerprint density at radius 1 is 0.947 bits per heavy atom. The SMILES string of the molecule is CC(C)Oc1ccc(CNNc2ccccc2)cc1. The van der Waals surface area contributed by atoms with E-state index in [1.807, 2.05) is 56.3 Å². The molecule has 19 heavy (non-hydrogen) atoms. The standard InChI is InChI=1S/C16H20N2O/c1-13(2)19-16-10-8-14(9-11-16)12-17-18-15-6-4-3-5-7-15/h3-11,13,17-18H,12H2,1-2H3. The molecule has 0 saturated heterocycles. The Bertz CT molecular complexity index is 480. The molecule has 0 aliphatic carbocycles. The number of ether oxygens (including phenoxy) is 1. The van der Waals surface area contributed by atoms with E-state index in [2.05, 4.69) is 23.0 Å². The molecule has 2 aromatic carbocycles. The molecule has 0 unspecified atom stereocenters. The molecule has 0 bridgehead atoms. The molecule has 0 radical (unpaired) electrons. The lowest BCUT2D eigenvalue weighted by molar-refractivity contribution is 0.242. The van der Waals surface area contributed by atoms with Crippen LogP contribution in [0.15, 0.2) is 54.6 Å². The molecule has 3 nitrogen and oxygen atoms in total. The zero-order chi connectivity index (χ0) is 13.5. The van der Waals surface area contributed by atoms with Crippen molar-refractivity contribution >= 4 is 5.69 Å². The zero-order valence-corrected chi connectivity index (χ0v) is 11.4. The maximum atomic E-state index is 5.61. The molecule has 0 saturated carbocycles. The topological polar surface area (TPSA) is 33.3 Å². The van der Waals surface area contributed by atoms with E-state index in [-0.39, 0.29) is 6.10 Å². The molecule has 0 aliphatic rings. The van der Waals surface area contributed by atoms with Crippen molar-refractivity contribution in [3.8, 4) is 5.75 Å². The number of hydrazine groups is 1. The fourth-order valence-electron chi connectivity index (χ4n) is 1.73. The lowest BCUT2D eigenvalue weighted by Gasteiger charge is -2.11. The fraction of sp³-hybridized carbons (Fsp3) is 0.250. The van der Waals surface area contributed by atoms with Crippen molar-refractivity contribution in [2.75, 3.05) is 5.43 Å². The molecular weight excluding hydrogens is 236 g/mol. The van der Waals surface area contributed by atoms with Crippen molar-refractivity contribution in [3.05, 3.63) is 60.2 Å². The van der Waals surface area contributed by atoms with Crippen LogP contribution in [0.2, 0.25) is 0 Å². The summed E-state index contributed by atoms with van der Waals surface area (Å²) in [7, 11) is 0. The third-order valence-electron chi connectivity index (χ3n) is 2.59. The lowest BCUT2D eigenvalue weighted by atomic mass is 10.2. The van der Waals surface area contributed by atoms with Gasteiger partial charge in [-0.2, -0.15) is 0 Å². The maximum Gasteiger partial charge on any atom is 0.119 e. The van der Waals surface area contributed by atoms with Crippen molar-refractivity contribution in [1.29, 1.82) is 0 Å². The van der Waals surface area contributed by atoms with Gasteiger partial charge in [-0.3, -0.25) is 0 Å². The van der Waals surface area contributed by atoms with Gasteiger partial charge in [-0.05, 0) is 43.7 Å². The van der Waals surface area contributed by atoms with Crippen LogP contribution < -0.4 is 15.6 Å². The quantitative estimate of drug-likeness (QED) is 0.775. The lowest BCUT2D eigenvalue weighted by Crippen LogP contribution is -2.20. The van der Waals surface area contributed by atoms with Crippen LogP contribution in [0.4, 0.5) is 5.69 Å². The molecule has 0 aliphatic heterocycles. The number of hydrogen-bond acceptors (Lipinski definition) is 3. The molecule has 100 valence electrons. The predicted molar refractivity (Wildman–Crippen MR) is 79.1 cm³/mol. The second-order valence-corrected chi connectivity index (χ2v) is 4.66. The second-order valence-electron chi connectivity index (χ2n) is 4.66. The van der Waals surface area contributed by atoms with Gasteiger partial charge >= 0.3 is 0 Å². The average Bonchev–Trinajstić information content (AvgIpc) is 2.41. The third kappa shape index (κ3) is 4.64. The molecule has 2 N–H and O–H groups in total. The van der Waals surface area contributed by atoms with Crippen molar-refractivity contribution in [3.63, 3.8) is 0 Å². The Morgan fingerprint density at radius 2 is 1.63 bits per heavy atom. The van der Waals surface area contributed by atoms with Crippen LogP contribution in [0.5, 0.6) is 5.75 Å². The Kier molecular flexibility index (Phi) is 4.81. The van der Waals surface area contributed by atoms with Crippen LogP contribution in [0, 0.1) is 0 Å². The summed E-state index contributed by atoms with van der Waals surface area (Å²) in [6, 6.07) is 18.2. The van der Waals surface area contributed by atoms with E-state index in [1.54, 1.807) is 0 Å². The first kappa shape index (κ1) is 13.4. The number of para-hydroxylation sites is 1. The van der Waals surface area contributed by atoms with Crippen LogP contribution in [0.3, 0.4) is 0 Å². The molecule has 2 rings (SSSR count). The van der Waals surface area contributed by atoms with Gasteiger partial charge in [-0.15, -0.1) is 0 Å². The zero-order valence-electron chi connectivity index (χ0n) is 11.4. The van der Waals surface area contributed by atoms with Crippen LogP contribution >= 0.6 is 0 Å². The Morgan fingerprint density at radius 3 is 2.26 bits per heavy atom. The van der Waals surface area contributed by atoms with Gasteiger partial charge in [0, 0.05) is 12.2 Å². The van der Waals surface area contributed by atoms with Gasteiger partial charge < -0.3 is 10.2 Å². The fourth-order valence-corrected chi connectivity index (χ4v) is 1.73. The minimum Gasteiger partial charge on any atom is -0.491 e. The number of nitrogens with one attached hydrogen (secondary N) is 2. The van der Waals surface area contributed by atoms with Gasteiger partial charge in [0.05, 0.1) is 6.10 Å². The Hall–Kier alpha value is -2.00. The smallest absolute Gasteiger partial charge is 0.119 e. The monoisotopic (exact) mass is 256 g/mol. The first-order valence-electron chi connectivity index (χ1n) is 6.53. The van der Waals surface area contributed by atoms with Gasteiger partial charge in [-0.25, -0.2) is 5.43 Å². The second kappa shape index (κ2) is 6.81. The number of rotatable bonds is 6. The third-order valence-corrected chi connectivity index (χ3v) is 2.59. The van der Waals surface area contributed by atoms with Gasteiger partial charge in [0.15, 0.2) is 0 Å². The highest BCUT2D eigenvalue weighted by Crippen LogP contribution is 2.13. The van der Waals surface area contributed by atoms with Crippen molar-refractivity contribution in [2.24, 2.45) is 0 Å². The Balaban J connectivity index is 1.80. The van der Waals surface area contributed by atoms with Crippen molar-refractivity contribution in [1.82, 2.24) is 5.43 Å². The van der Waals surface area contributed by atoms with Gasteiger partial charge in [-0.1, -0.05) is 30.3 Å². The summed E-state index contributed by atoms with van der Waals surface area (Å²) in [5, 5.41) is 0. The van der Waals surface area contributed by atoms with Crippen molar-refractivity contribution < 1.29 is 4.74 Å². The van der Waals surface area contributed by atoms with Gasteiger partial charge in [0.2, 0.25) is 0 Å².